The Balaban J connectivity index is 2.94. The van der Waals surface area contributed by atoms with E-state index in [1.54, 1.807) is 25.3 Å². The van der Waals surface area contributed by atoms with Crippen LogP contribution in [-0.4, -0.2) is 24.8 Å². The monoisotopic (exact) mass is 222 g/mol. The maximum Gasteiger partial charge on any atom is 0.328 e. The number of hydrogen-bond donors (Lipinski definition) is 1. The summed E-state index contributed by atoms with van der Waals surface area (Å²) < 4.78 is 10.5. The highest BCUT2D eigenvalue weighted by atomic mass is 16.5. The molecule has 0 spiro atoms. The normalized spacial score (nSPS) is 10.4. The molecule has 0 atom stereocenters. The van der Waals surface area contributed by atoms with Crippen LogP contribution in [0.2, 0.25) is 0 Å². The number of carboxylic acids is 1. The number of carbonyl (C=O) groups is 1. The van der Waals surface area contributed by atoms with Crippen LogP contribution in [0.25, 0.3) is 6.08 Å². The lowest BCUT2D eigenvalue weighted by molar-refractivity contribution is -0.131. The molecule has 0 unspecified atom stereocenters. The van der Waals surface area contributed by atoms with Gasteiger partial charge in [0.1, 0.15) is 0 Å². The lowest BCUT2D eigenvalue weighted by Crippen LogP contribution is -1.95. The molecule has 0 saturated heterocycles. The Morgan fingerprint density at radius 1 is 1.44 bits per heavy atom. The van der Waals surface area contributed by atoms with Gasteiger partial charge in [-0.15, -0.1) is 0 Å². The Morgan fingerprint density at radius 3 is 2.75 bits per heavy atom. The van der Waals surface area contributed by atoms with Crippen LogP contribution in [0.15, 0.2) is 24.3 Å². The number of ether oxygens (including phenoxy) is 2. The summed E-state index contributed by atoms with van der Waals surface area (Å²) in [6.45, 7) is 2.44. The summed E-state index contributed by atoms with van der Waals surface area (Å²) in [6, 6.07) is 5.25. The third-order valence-electron chi connectivity index (χ3n) is 1.91. The highest BCUT2D eigenvalue weighted by molar-refractivity contribution is 5.85. The van der Waals surface area contributed by atoms with Gasteiger partial charge in [0.2, 0.25) is 0 Å². The lowest BCUT2D eigenvalue weighted by Gasteiger charge is -2.09. The quantitative estimate of drug-likeness (QED) is 0.776. The Labute approximate surface area is 94.1 Å². The minimum atomic E-state index is -0.979. The third-order valence-corrected chi connectivity index (χ3v) is 1.91. The van der Waals surface area contributed by atoms with E-state index in [0.29, 0.717) is 18.1 Å². The predicted molar refractivity (Wildman–Crippen MR) is 60.8 cm³/mol. The van der Waals surface area contributed by atoms with E-state index in [9.17, 15) is 4.79 Å². The van der Waals surface area contributed by atoms with Crippen molar-refractivity contribution in [1.29, 1.82) is 0 Å². The van der Waals surface area contributed by atoms with E-state index < -0.39 is 5.97 Å². The molecule has 0 aliphatic carbocycles. The molecule has 4 nitrogen and oxygen atoms in total. The van der Waals surface area contributed by atoms with Crippen molar-refractivity contribution in [3.05, 3.63) is 29.8 Å². The molecule has 0 radical (unpaired) electrons. The zero-order valence-corrected chi connectivity index (χ0v) is 9.27. The molecule has 0 heterocycles. The fourth-order valence-corrected chi connectivity index (χ4v) is 1.23. The van der Waals surface area contributed by atoms with Crippen LogP contribution in [0, 0.1) is 0 Å². The number of rotatable bonds is 5. The van der Waals surface area contributed by atoms with Gasteiger partial charge in [0.05, 0.1) is 13.7 Å². The van der Waals surface area contributed by atoms with Gasteiger partial charge in [0.25, 0.3) is 0 Å². The van der Waals surface area contributed by atoms with Crippen molar-refractivity contribution in [2.75, 3.05) is 13.7 Å². The molecular weight excluding hydrogens is 208 g/mol. The van der Waals surface area contributed by atoms with Gasteiger partial charge < -0.3 is 14.6 Å². The summed E-state index contributed by atoms with van der Waals surface area (Å²) in [5.74, 6) is 0.264. The maximum absolute atomic E-state index is 10.4. The predicted octanol–water partition coefficient (Wildman–Crippen LogP) is 2.19. The number of hydrogen-bond acceptors (Lipinski definition) is 3. The molecule has 0 fully saturated rings. The second-order valence-electron chi connectivity index (χ2n) is 3.01. The first-order valence-electron chi connectivity index (χ1n) is 4.89. The number of aliphatic carboxylic acids is 1. The molecule has 1 rings (SSSR count). The summed E-state index contributed by atoms with van der Waals surface area (Å²) in [5.41, 5.74) is 0.753. The number of carboxylic acid groups (broad SMARTS) is 1. The molecule has 0 saturated carbocycles. The van der Waals surface area contributed by atoms with Crippen molar-refractivity contribution in [2.45, 2.75) is 6.92 Å². The minimum Gasteiger partial charge on any atom is -0.493 e. The first-order valence-corrected chi connectivity index (χ1v) is 4.89. The van der Waals surface area contributed by atoms with Gasteiger partial charge in [-0.2, -0.15) is 0 Å². The fourth-order valence-electron chi connectivity index (χ4n) is 1.23. The average molecular weight is 222 g/mol. The first-order chi connectivity index (χ1) is 7.67. The van der Waals surface area contributed by atoms with Crippen LogP contribution in [0.5, 0.6) is 11.5 Å². The zero-order chi connectivity index (χ0) is 12.0. The third kappa shape index (κ3) is 3.31. The van der Waals surface area contributed by atoms with Gasteiger partial charge in [0, 0.05) is 6.08 Å². The van der Waals surface area contributed by atoms with Crippen molar-refractivity contribution < 1.29 is 19.4 Å². The molecular formula is C12H14O4. The van der Waals surface area contributed by atoms with Crippen LogP contribution in [0.1, 0.15) is 12.5 Å². The molecule has 0 aliphatic heterocycles. The van der Waals surface area contributed by atoms with Crippen molar-refractivity contribution in [3.63, 3.8) is 0 Å². The zero-order valence-electron chi connectivity index (χ0n) is 9.27. The van der Waals surface area contributed by atoms with Crippen LogP contribution < -0.4 is 9.47 Å². The Morgan fingerprint density at radius 2 is 2.19 bits per heavy atom. The van der Waals surface area contributed by atoms with Crippen LogP contribution >= 0.6 is 0 Å². The molecule has 1 aromatic carbocycles. The summed E-state index contributed by atoms with van der Waals surface area (Å²) in [6.07, 6.45) is 2.58. The maximum atomic E-state index is 10.4. The van der Waals surface area contributed by atoms with Crippen molar-refractivity contribution in [1.82, 2.24) is 0 Å². The van der Waals surface area contributed by atoms with E-state index in [1.807, 2.05) is 6.92 Å². The van der Waals surface area contributed by atoms with E-state index >= 15 is 0 Å². The smallest absolute Gasteiger partial charge is 0.328 e. The first kappa shape index (κ1) is 12.1. The second kappa shape index (κ2) is 5.80. The molecule has 1 aromatic rings. The highest BCUT2D eigenvalue weighted by Crippen LogP contribution is 2.28. The van der Waals surface area contributed by atoms with Crippen LogP contribution in [0.3, 0.4) is 0 Å². The molecule has 16 heavy (non-hydrogen) atoms. The molecule has 0 bridgehead atoms. The van der Waals surface area contributed by atoms with Crippen LogP contribution in [-0.2, 0) is 4.79 Å². The Bertz CT molecular complexity index is 396. The number of benzene rings is 1. The van der Waals surface area contributed by atoms with E-state index in [-0.39, 0.29) is 0 Å². The van der Waals surface area contributed by atoms with Gasteiger partial charge in [-0.1, -0.05) is 6.07 Å². The Hall–Kier alpha value is -1.97. The minimum absolute atomic E-state index is 0.556. The molecule has 4 heteroatoms. The lowest BCUT2D eigenvalue weighted by atomic mass is 10.2. The van der Waals surface area contributed by atoms with Gasteiger partial charge >= 0.3 is 5.97 Å². The molecule has 86 valence electrons. The molecule has 1 N–H and O–H groups in total. The largest absolute Gasteiger partial charge is 0.493 e. The van der Waals surface area contributed by atoms with Gasteiger partial charge in [0.15, 0.2) is 11.5 Å². The van der Waals surface area contributed by atoms with Gasteiger partial charge in [-0.3, -0.25) is 0 Å². The average Bonchev–Trinajstić information content (AvgIpc) is 2.28. The molecule has 0 aliphatic rings. The van der Waals surface area contributed by atoms with E-state index in [0.717, 1.165) is 11.6 Å². The highest BCUT2D eigenvalue weighted by Gasteiger charge is 2.03. The standard InChI is InChI=1S/C12H14O4/c1-3-16-10-6-4-9(5-7-12(13)14)8-11(10)15-2/h4-8H,3H2,1-2H3,(H,13,14). The van der Waals surface area contributed by atoms with Crippen LogP contribution in [0.4, 0.5) is 0 Å². The van der Waals surface area contributed by atoms with E-state index in [1.165, 1.54) is 6.08 Å². The van der Waals surface area contributed by atoms with Crippen molar-refractivity contribution >= 4 is 12.0 Å². The SMILES string of the molecule is CCOc1ccc(C=CC(=O)O)cc1OC. The van der Waals surface area contributed by atoms with Crippen molar-refractivity contribution in [2.24, 2.45) is 0 Å². The molecule has 0 aromatic heterocycles. The summed E-state index contributed by atoms with van der Waals surface area (Å²) in [4.78, 5) is 10.4. The van der Waals surface area contributed by atoms with Gasteiger partial charge in [-0.05, 0) is 30.7 Å². The van der Waals surface area contributed by atoms with Crippen molar-refractivity contribution in [3.8, 4) is 11.5 Å². The number of methoxy groups -OCH3 is 1. The van der Waals surface area contributed by atoms with E-state index in [2.05, 4.69) is 0 Å². The summed E-state index contributed by atoms with van der Waals surface area (Å²) >= 11 is 0. The Kier molecular flexibility index (Phi) is 4.39. The summed E-state index contributed by atoms with van der Waals surface area (Å²) in [7, 11) is 1.54. The fraction of sp³-hybridized carbons (Fsp3) is 0.250. The van der Waals surface area contributed by atoms with Gasteiger partial charge in [-0.25, -0.2) is 4.79 Å². The second-order valence-corrected chi connectivity index (χ2v) is 3.01. The summed E-state index contributed by atoms with van der Waals surface area (Å²) in [5, 5.41) is 8.50. The molecule has 0 amide bonds. The van der Waals surface area contributed by atoms with E-state index in [4.69, 9.17) is 14.6 Å². The topological polar surface area (TPSA) is 55.8 Å².